The predicted molar refractivity (Wildman–Crippen MR) is 51.5 cm³/mol. The van der Waals surface area contributed by atoms with Crippen LogP contribution in [0, 0.1) is 5.41 Å². The van der Waals surface area contributed by atoms with Crippen molar-refractivity contribution in [1.29, 1.82) is 5.41 Å². The molecule has 0 aromatic heterocycles. The molecule has 3 N–H and O–H groups in total. The Hall–Kier alpha value is -0.670. The van der Waals surface area contributed by atoms with Gasteiger partial charge in [0.15, 0.2) is 5.17 Å². The van der Waals surface area contributed by atoms with E-state index in [0.29, 0.717) is 0 Å². The highest BCUT2D eigenvalue weighted by Crippen LogP contribution is 2.15. The van der Waals surface area contributed by atoms with Gasteiger partial charge in [-0.1, -0.05) is 30.0 Å². The molecule has 1 rings (SSSR count). The van der Waals surface area contributed by atoms with Crippen LogP contribution in [0.4, 0.5) is 0 Å². The number of nitrogens with two attached hydrogens (primary N) is 1. The molecular formula is C7H9ClN2S. The van der Waals surface area contributed by atoms with Gasteiger partial charge in [-0.3, -0.25) is 5.41 Å². The van der Waals surface area contributed by atoms with E-state index in [1.54, 1.807) is 0 Å². The van der Waals surface area contributed by atoms with E-state index in [1.165, 1.54) is 11.8 Å². The maximum Gasteiger partial charge on any atom is 0.155 e. The van der Waals surface area contributed by atoms with Crippen molar-refractivity contribution in [2.45, 2.75) is 4.90 Å². The summed E-state index contributed by atoms with van der Waals surface area (Å²) < 4.78 is 0. The van der Waals surface area contributed by atoms with Crippen LogP contribution in [0.1, 0.15) is 0 Å². The van der Waals surface area contributed by atoms with Crippen molar-refractivity contribution in [3.8, 4) is 0 Å². The second-order valence-corrected chi connectivity index (χ2v) is 2.89. The van der Waals surface area contributed by atoms with Crippen LogP contribution in [0.15, 0.2) is 35.2 Å². The maximum absolute atomic E-state index is 6.97. The molecule has 0 fully saturated rings. The zero-order chi connectivity index (χ0) is 7.40. The van der Waals surface area contributed by atoms with Crippen molar-refractivity contribution >= 4 is 29.3 Å². The fourth-order valence-corrected chi connectivity index (χ4v) is 1.16. The van der Waals surface area contributed by atoms with E-state index in [9.17, 15) is 0 Å². The molecule has 2 nitrogen and oxygen atoms in total. The largest absolute Gasteiger partial charge is 0.378 e. The standard InChI is InChI=1S/C7H8N2S.ClH/c8-7(9)10-6-4-2-1-3-5-6;/h1-5H,(H3,8,9);1H. The molecule has 0 saturated carbocycles. The summed E-state index contributed by atoms with van der Waals surface area (Å²) in [6.07, 6.45) is 0. The number of rotatable bonds is 1. The minimum Gasteiger partial charge on any atom is -0.378 e. The van der Waals surface area contributed by atoms with E-state index in [2.05, 4.69) is 0 Å². The third-order valence-corrected chi connectivity index (χ3v) is 1.70. The molecular weight excluding hydrogens is 180 g/mol. The van der Waals surface area contributed by atoms with Gasteiger partial charge < -0.3 is 5.73 Å². The first-order valence-corrected chi connectivity index (χ1v) is 3.67. The van der Waals surface area contributed by atoms with Gasteiger partial charge in [0.1, 0.15) is 0 Å². The van der Waals surface area contributed by atoms with Crippen molar-refractivity contribution in [1.82, 2.24) is 0 Å². The van der Waals surface area contributed by atoms with Crippen LogP contribution >= 0.6 is 24.2 Å². The number of thioether (sulfide) groups is 1. The number of benzene rings is 1. The highest BCUT2D eigenvalue weighted by molar-refractivity contribution is 8.13. The van der Waals surface area contributed by atoms with Gasteiger partial charge in [0, 0.05) is 4.90 Å². The Morgan fingerprint density at radius 2 is 1.82 bits per heavy atom. The number of halogens is 1. The molecule has 60 valence electrons. The summed E-state index contributed by atoms with van der Waals surface area (Å²) in [5.41, 5.74) is 5.17. The van der Waals surface area contributed by atoms with Gasteiger partial charge >= 0.3 is 0 Å². The quantitative estimate of drug-likeness (QED) is 0.403. The lowest BCUT2D eigenvalue weighted by molar-refractivity contribution is 1.46. The minimum absolute atomic E-state index is 0. The van der Waals surface area contributed by atoms with E-state index < -0.39 is 0 Å². The first-order chi connectivity index (χ1) is 4.79. The Morgan fingerprint density at radius 1 is 1.27 bits per heavy atom. The number of hydrogen-bond acceptors (Lipinski definition) is 2. The Labute approximate surface area is 76.1 Å². The van der Waals surface area contributed by atoms with Gasteiger partial charge in [0.05, 0.1) is 0 Å². The normalized spacial score (nSPS) is 8.36. The third-order valence-electron chi connectivity index (χ3n) is 0.971. The third kappa shape index (κ3) is 3.91. The van der Waals surface area contributed by atoms with E-state index in [1.807, 2.05) is 30.3 Å². The Morgan fingerprint density at radius 3 is 2.27 bits per heavy atom. The van der Waals surface area contributed by atoms with Gasteiger partial charge in [-0.15, -0.1) is 12.4 Å². The van der Waals surface area contributed by atoms with Crippen LogP contribution < -0.4 is 5.73 Å². The van der Waals surface area contributed by atoms with Crippen molar-refractivity contribution in [3.05, 3.63) is 30.3 Å². The van der Waals surface area contributed by atoms with Crippen molar-refractivity contribution in [3.63, 3.8) is 0 Å². The summed E-state index contributed by atoms with van der Waals surface area (Å²) in [7, 11) is 0. The van der Waals surface area contributed by atoms with Crippen LogP contribution in [0.3, 0.4) is 0 Å². The molecule has 1 aromatic rings. The first-order valence-electron chi connectivity index (χ1n) is 2.86. The van der Waals surface area contributed by atoms with Crippen LogP contribution in [-0.4, -0.2) is 5.17 Å². The lowest BCUT2D eigenvalue weighted by Crippen LogP contribution is -2.02. The monoisotopic (exact) mass is 188 g/mol. The fraction of sp³-hybridized carbons (Fsp3) is 0. The van der Waals surface area contributed by atoms with E-state index in [4.69, 9.17) is 11.1 Å². The molecule has 0 aliphatic carbocycles. The summed E-state index contributed by atoms with van der Waals surface area (Å²) in [6, 6.07) is 9.62. The van der Waals surface area contributed by atoms with Gasteiger partial charge in [-0.2, -0.15) is 0 Å². The smallest absolute Gasteiger partial charge is 0.155 e. The molecule has 0 radical (unpaired) electrons. The summed E-state index contributed by atoms with van der Waals surface area (Å²) >= 11 is 1.26. The average molecular weight is 189 g/mol. The summed E-state index contributed by atoms with van der Waals surface area (Å²) in [5.74, 6) is 0. The summed E-state index contributed by atoms with van der Waals surface area (Å²) in [5, 5.41) is 7.10. The fourth-order valence-electron chi connectivity index (χ4n) is 0.616. The molecule has 0 unspecified atom stereocenters. The van der Waals surface area contributed by atoms with Crippen molar-refractivity contribution in [2.75, 3.05) is 0 Å². The van der Waals surface area contributed by atoms with Crippen LogP contribution in [0.2, 0.25) is 0 Å². The SMILES string of the molecule is Cl.N=C(N)Sc1ccccc1. The van der Waals surface area contributed by atoms with Gasteiger partial charge in [-0.25, -0.2) is 0 Å². The zero-order valence-electron chi connectivity index (χ0n) is 5.78. The molecule has 0 atom stereocenters. The molecule has 0 aliphatic heterocycles. The van der Waals surface area contributed by atoms with E-state index in [-0.39, 0.29) is 17.6 Å². The van der Waals surface area contributed by atoms with Crippen LogP contribution in [-0.2, 0) is 0 Å². The predicted octanol–water partition coefficient (Wildman–Crippen LogP) is 2.09. The molecule has 0 amide bonds. The summed E-state index contributed by atoms with van der Waals surface area (Å²) in [6.45, 7) is 0. The first kappa shape index (κ1) is 10.3. The minimum atomic E-state index is 0. The van der Waals surface area contributed by atoms with Crippen molar-refractivity contribution in [2.24, 2.45) is 5.73 Å². The second kappa shape index (κ2) is 5.04. The van der Waals surface area contributed by atoms with Gasteiger partial charge in [0.2, 0.25) is 0 Å². The summed E-state index contributed by atoms with van der Waals surface area (Å²) in [4.78, 5) is 1.01. The topological polar surface area (TPSA) is 49.9 Å². The van der Waals surface area contributed by atoms with Crippen molar-refractivity contribution < 1.29 is 0 Å². The van der Waals surface area contributed by atoms with Crippen LogP contribution in [0.5, 0.6) is 0 Å². The highest BCUT2D eigenvalue weighted by Gasteiger charge is 1.91. The number of hydrogen-bond donors (Lipinski definition) is 2. The average Bonchev–Trinajstić information content (AvgIpc) is 1.88. The molecule has 1 aromatic carbocycles. The molecule has 0 bridgehead atoms. The molecule has 11 heavy (non-hydrogen) atoms. The second-order valence-electron chi connectivity index (χ2n) is 1.78. The maximum atomic E-state index is 6.97. The number of nitrogens with one attached hydrogen (secondary N) is 1. The van der Waals surface area contributed by atoms with E-state index in [0.717, 1.165) is 4.90 Å². The van der Waals surface area contributed by atoms with Gasteiger partial charge in [-0.05, 0) is 12.1 Å². The molecule has 4 heteroatoms. The molecule has 0 spiro atoms. The highest BCUT2D eigenvalue weighted by atomic mass is 35.5. The Kier molecular flexibility index (Phi) is 4.74. The van der Waals surface area contributed by atoms with Crippen LogP contribution in [0.25, 0.3) is 0 Å². The van der Waals surface area contributed by atoms with E-state index >= 15 is 0 Å². The number of amidine groups is 1. The Bertz CT molecular complexity index is 225. The van der Waals surface area contributed by atoms with Gasteiger partial charge in [0.25, 0.3) is 0 Å². The molecule has 0 saturated heterocycles. The molecule has 0 aliphatic rings. The zero-order valence-corrected chi connectivity index (χ0v) is 7.41. The lowest BCUT2D eigenvalue weighted by atomic mass is 10.4. The Balaban J connectivity index is 0.000001000. The lowest BCUT2D eigenvalue weighted by Gasteiger charge is -1.95. The molecule has 0 heterocycles.